The number of aliphatic hydroxyl groups excluding tert-OH is 1. The second-order valence-corrected chi connectivity index (χ2v) is 4.83. The van der Waals surface area contributed by atoms with Crippen molar-refractivity contribution in [1.82, 2.24) is 0 Å². The summed E-state index contributed by atoms with van der Waals surface area (Å²) in [5, 5.41) is 10.7. The number of hydrogen-bond donors (Lipinski definition) is 1. The highest BCUT2D eigenvalue weighted by molar-refractivity contribution is 6.31. The molecule has 0 saturated carbocycles. The van der Waals surface area contributed by atoms with E-state index in [2.05, 4.69) is 0 Å². The predicted molar refractivity (Wildman–Crippen MR) is 71.5 cm³/mol. The molecule has 0 bridgehead atoms. The molecule has 0 saturated heterocycles. The fourth-order valence-corrected chi connectivity index (χ4v) is 2.04. The molecule has 2 rings (SSSR count). The van der Waals surface area contributed by atoms with Crippen LogP contribution in [0.4, 0.5) is 4.39 Å². The molecular weight excluding hydrogens is 274 g/mol. The summed E-state index contributed by atoms with van der Waals surface area (Å²) in [7, 11) is 0. The Bertz CT molecular complexity index is 540. The van der Waals surface area contributed by atoms with Crippen LogP contribution in [0.1, 0.15) is 17.2 Å². The van der Waals surface area contributed by atoms with Crippen LogP contribution in [-0.4, -0.2) is 5.11 Å². The number of rotatable bonds is 3. The lowest BCUT2D eigenvalue weighted by Gasteiger charge is -2.12. The molecule has 18 heavy (non-hydrogen) atoms. The van der Waals surface area contributed by atoms with E-state index in [1.54, 1.807) is 30.3 Å². The van der Waals surface area contributed by atoms with Crippen molar-refractivity contribution in [2.75, 3.05) is 0 Å². The molecule has 0 spiro atoms. The lowest BCUT2D eigenvalue weighted by atomic mass is 10.0. The van der Waals surface area contributed by atoms with E-state index in [-0.39, 0.29) is 10.6 Å². The summed E-state index contributed by atoms with van der Waals surface area (Å²) in [5.41, 5.74) is 1.09. The highest BCUT2D eigenvalue weighted by atomic mass is 35.5. The van der Waals surface area contributed by atoms with Crippen LogP contribution in [0.2, 0.25) is 10.0 Å². The normalized spacial score (nSPS) is 12.4. The molecule has 0 aromatic heterocycles. The van der Waals surface area contributed by atoms with E-state index in [1.165, 1.54) is 12.1 Å². The minimum atomic E-state index is -0.926. The van der Waals surface area contributed by atoms with Gasteiger partial charge in [-0.25, -0.2) is 4.39 Å². The minimum absolute atomic E-state index is 0.0163. The molecular formula is C14H11Cl2FO. The number of halogens is 3. The first-order valence-corrected chi connectivity index (χ1v) is 6.20. The Balaban J connectivity index is 2.19. The summed E-state index contributed by atoms with van der Waals surface area (Å²) in [6.45, 7) is 0. The standard InChI is InChI=1S/C14H11Cl2FO/c15-10-6-4-9(5-7-10)8-13(18)11-2-1-3-12(16)14(11)17/h1-7,13,18H,8H2. The smallest absolute Gasteiger partial charge is 0.147 e. The fourth-order valence-electron chi connectivity index (χ4n) is 1.73. The van der Waals surface area contributed by atoms with Gasteiger partial charge in [-0.1, -0.05) is 47.5 Å². The van der Waals surface area contributed by atoms with Gasteiger partial charge in [-0.2, -0.15) is 0 Å². The quantitative estimate of drug-likeness (QED) is 0.885. The molecule has 0 aliphatic heterocycles. The van der Waals surface area contributed by atoms with Gasteiger partial charge < -0.3 is 5.11 Å². The highest BCUT2D eigenvalue weighted by Gasteiger charge is 2.15. The summed E-state index contributed by atoms with van der Waals surface area (Å²) >= 11 is 11.4. The Hall–Kier alpha value is -1.09. The third-order valence-electron chi connectivity index (χ3n) is 2.68. The maximum Gasteiger partial charge on any atom is 0.147 e. The maximum atomic E-state index is 13.7. The van der Waals surface area contributed by atoms with Crippen LogP contribution >= 0.6 is 23.2 Å². The van der Waals surface area contributed by atoms with E-state index in [4.69, 9.17) is 23.2 Å². The van der Waals surface area contributed by atoms with Gasteiger partial charge >= 0.3 is 0 Å². The minimum Gasteiger partial charge on any atom is -0.388 e. The van der Waals surface area contributed by atoms with Gasteiger partial charge in [0.15, 0.2) is 0 Å². The Morgan fingerprint density at radius 3 is 2.39 bits per heavy atom. The molecule has 2 aromatic carbocycles. The largest absolute Gasteiger partial charge is 0.388 e. The van der Waals surface area contributed by atoms with E-state index < -0.39 is 11.9 Å². The van der Waals surface area contributed by atoms with Gasteiger partial charge in [-0.15, -0.1) is 0 Å². The van der Waals surface area contributed by atoms with Crippen LogP contribution in [0, 0.1) is 5.82 Å². The van der Waals surface area contributed by atoms with Crippen LogP contribution < -0.4 is 0 Å². The molecule has 4 heteroatoms. The fraction of sp³-hybridized carbons (Fsp3) is 0.143. The van der Waals surface area contributed by atoms with Crippen molar-refractivity contribution in [3.63, 3.8) is 0 Å². The lowest BCUT2D eigenvalue weighted by molar-refractivity contribution is 0.173. The van der Waals surface area contributed by atoms with Gasteiger partial charge in [0.05, 0.1) is 11.1 Å². The van der Waals surface area contributed by atoms with Gasteiger partial charge in [-0.05, 0) is 23.8 Å². The number of hydrogen-bond acceptors (Lipinski definition) is 1. The zero-order chi connectivity index (χ0) is 13.1. The van der Waals surface area contributed by atoms with Crippen molar-refractivity contribution in [3.8, 4) is 0 Å². The Morgan fingerprint density at radius 2 is 1.72 bits per heavy atom. The zero-order valence-corrected chi connectivity index (χ0v) is 10.9. The Kier molecular flexibility index (Phi) is 4.23. The molecule has 1 unspecified atom stereocenters. The van der Waals surface area contributed by atoms with Crippen molar-refractivity contribution in [2.24, 2.45) is 0 Å². The van der Waals surface area contributed by atoms with Gasteiger partial charge in [0.25, 0.3) is 0 Å². The van der Waals surface area contributed by atoms with E-state index in [0.29, 0.717) is 11.4 Å². The van der Waals surface area contributed by atoms with E-state index in [9.17, 15) is 9.50 Å². The Morgan fingerprint density at radius 1 is 1.06 bits per heavy atom. The molecule has 1 N–H and O–H groups in total. The molecule has 0 aliphatic carbocycles. The summed E-state index contributed by atoms with van der Waals surface area (Å²) in [6, 6.07) is 11.7. The van der Waals surface area contributed by atoms with Gasteiger partial charge in [0.1, 0.15) is 5.82 Å². The van der Waals surface area contributed by atoms with Crippen LogP contribution in [0.3, 0.4) is 0 Å². The molecule has 0 fully saturated rings. The molecule has 0 radical (unpaired) electrons. The molecule has 0 aliphatic rings. The first-order chi connectivity index (χ1) is 8.58. The van der Waals surface area contributed by atoms with Crippen LogP contribution in [-0.2, 0) is 6.42 Å². The number of benzene rings is 2. The molecule has 1 nitrogen and oxygen atoms in total. The van der Waals surface area contributed by atoms with Crippen molar-refractivity contribution in [1.29, 1.82) is 0 Å². The average Bonchev–Trinajstić information content (AvgIpc) is 2.35. The van der Waals surface area contributed by atoms with Crippen molar-refractivity contribution in [2.45, 2.75) is 12.5 Å². The molecule has 2 aromatic rings. The zero-order valence-electron chi connectivity index (χ0n) is 9.41. The maximum absolute atomic E-state index is 13.7. The van der Waals surface area contributed by atoms with E-state index >= 15 is 0 Å². The molecule has 1 atom stereocenters. The van der Waals surface area contributed by atoms with E-state index in [0.717, 1.165) is 5.56 Å². The monoisotopic (exact) mass is 284 g/mol. The van der Waals surface area contributed by atoms with E-state index in [1.807, 2.05) is 0 Å². The second kappa shape index (κ2) is 5.70. The topological polar surface area (TPSA) is 20.2 Å². The first kappa shape index (κ1) is 13.3. The summed E-state index contributed by atoms with van der Waals surface area (Å²) in [4.78, 5) is 0. The summed E-state index contributed by atoms with van der Waals surface area (Å²) < 4.78 is 13.7. The SMILES string of the molecule is OC(Cc1ccc(Cl)cc1)c1cccc(Cl)c1F. The van der Waals surface area contributed by atoms with Crippen molar-refractivity contribution >= 4 is 23.2 Å². The van der Waals surface area contributed by atoms with Gasteiger partial charge in [-0.3, -0.25) is 0 Å². The van der Waals surface area contributed by atoms with Crippen LogP contribution in [0.25, 0.3) is 0 Å². The third-order valence-corrected chi connectivity index (χ3v) is 3.23. The average molecular weight is 285 g/mol. The van der Waals surface area contributed by atoms with Crippen LogP contribution in [0.5, 0.6) is 0 Å². The summed E-state index contributed by atoms with van der Waals surface area (Å²) in [6.07, 6.45) is -0.612. The van der Waals surface area contributed by atoms with Crippen molar-refractivity contribution < 1.29 is 9.50 Å². The highest BCUT2D eigenvalue weighted by Crippen LogP contribution is 2.26. The molecule has 0 heterocycles. The second-order valence-electron chi connectivity index (χ2n) is 3.99. The lowest BCUT2D eigenvalue weighted by Crippen LogP contribution is -2.04. The Labute approximate surface area is 115 Å². The molecule has 94 valence electrons. The molecule has 0 amide bonds. The van der Waals surface area contributed by atoms with Gasteiger partial charge in [0, 0.05) is 17.0 Å². The van der Waals surface area contributed by atoms with Crippen molar-refractivity contribution in [3.05, 3.63) is 69.5 Å². The first-order valence-electron chi connectivity index (χ1n) is 5.44. The third kappa shape index (κ3) is 3.02. The number of aliphatic hydroxyl groups is 1. The van der Waals surface area contributed by atoms with Gasteiger partial charge in [0.2, 0.25) is 0 Å². The summed E-state index contributed by atoms with van der Waals surface area (Å²) in [5.74, 6) is -0.569. The van der Waals surface area contributed by atoms with Crippen LogP contribution in [0.15, 0.2) is 42.5 Å². The predicted octanol–water partition coefficient (Wildman–Crippen LogP) is 4.41.